The number of aliphatic carboxylic acids is 1. The fraction of sp³-hybridized carbons (Fsp3) is 0.917. The van der Waals surface area contributed by atoms with E-state index in [-0.39, 0.29) is 13.2 Å². The maximum absolute atomic E-state index is 12.0. The third kappa shape index (κ3) is 11.5. The average Bonchev–Trinajstić information content (AvgIpc) is 2.88. The Balaban J connectivity index is 2.01. The third-order valence-electron chi connectivity index (χ3n) is 6.73. The molecule has 43 heavy (non-hydrogen) atoms. The molecule has 7 N–H and O–H groups in total. The summed E-state index contributed by atoms with van der Waals surface area (Å²) < 4.78 is 49.5. The summed E-state index contributed by atoms with van der Waals surface area (Å²) in [5, 5.41) is 54.3. The highest BCUT2D eigenvalue weighted by molar-refractivity contribution is 7.47. The zero-order valence-corrected chi connectivity index (χ0v) is 25.9. The van der Waals surface area contributed by atoms with Gasteiger partial charge in [0.25, 0.3) is 0 Å². The lowest BCUT2D eigenvalue weighted by Crippen LogP contribution is -2.67. The highest BCUT2D eigenvalue weighted by atomic mass is 31.2. The first kappa shape index (κ1) is 37.8. The molecule has 19 heteroatoms. The Morgan fingerprint density at radius 1 is 1.02 bits per heavy atom. The molecule has 18 nitrogen and oxygen atoms in total. The molecule has 2 saturated heterocycles. The summed E-state index contributed by atoms with van der Waals surface area (Å²) in [4.78, 5) is 33.3. The second-order valence-corrected chi connectivity index (χ2v) is 12.9. The van der Waals surface area contributed by atoms with Gasteiger partial charge in [-0.1, -0.05) is 0 Å². The number of carboxylic acids is 1. The van der Waals surface area contributed by atoms with Crippen molar-refractivity contribution in [1.29, 1.82) is 0 Å². The van der Waals surface area contributed by atoms with Gasteiger partial charge in [0, 0.05) is 14.0 Å². The van der Waals surface area contributed by atoms with Crippen molar-refractivity contribution in [2.24, 2.45) is 0 Å². The first-order chi connectivity index (χ1) is 19.9. The summed E-state index contributed by atoms with van der Waals surface area (Å²) in [5.74, 6) is -2.00. The standard InChI is InChI=1S/C24H45N2O16P/c1-12-16(25-13(2)27)20(41-24-19(31)18(30)21(36-6)22(42-24)23(32)33)17(29)15(40-12)11-37-9-14(28)10-39-43(34,35)38-8-7-26(3,4)5/h12,14-22,24,28-31H,7-11H2,1-6H3,(H2-,25,27,32,33,34,35)/p+1/t12-,14-,15?,16?,17+,18+,19?,20+,21-,22?,24+/m0/s1. The molecule has 2 fully saturated rings. The summed E-state index contributed by atoms with van der Waals surface area (Å²) in [7, 11) is 2.34. The van der Waals surface area contributed by atoms with Gasteiger partial charge < -0.3 is 63.9 Å². The summed E-state index contributed by atoms with van der Waals surface area (Å²) >= 11 is 0. The van der Waals surface area contributed by atoms with Crippen molar-refractivity contribution in [1.82, 2.24) is 5.32 Å². The van der Waals surface area contributed by atoms with Crippen molar-refractivity contribution in [3.05, 3.63) is 0 Å². The number of nitrogens with zero attached hydrogens (tertiary/aromatic N) is 1. The minimum absolute atomic E-state index is 0.0481. The number of ether oxygens (including phenoxy) is 5. The highest BCUT2D eigenvalue weighted by Gasteiger charge is 2.52. The number of nitrogens with one attached hydrogen (secondary N) is 1. The van der Waals surface area contributed by atoms with Crippen LogP contribution in [0, 0.1) is 0 Å². The summed E-state index contributed by atoms with van der Waals surface area (Å²) in [5.41, 5.74) is 0. The lowest BCUT2D eigenvalue weighted by atomic mass is 9.92. The van der Waals surface area contributed by atoms with Gasteiger partial charge in [-0.05, 0) is 6.92 Å². The molecule has 0 bridgehead atoms. The topological polar surface area (TPSA) is 249 Å². The van der Waals surface area contributed by atoms with Gasteiger partial charge >= 0.3 is 13.8 Å². The molecule has 0 aromatic carbocycles. The largest absolute Gasteiger partial charge is 0.479 e. The molecule has 2 rings (SSSR count). The van der Waals surface area contributed by atoms with Gasteiger partial charge in [-0.3, -0.25) is 13.8 Å². The van der Waals surface area contributed by atoms with Gasteiger partial charge in [0.15, 0.2) is 12.4 Å². The third-order valence-corrected chi connectivity index (χ3v) is 7.71. The lowest BCUT2D eigenvalue weighted by molar-refractivity contribution is -0.870. The van der Waals surface area contributed by atoms with E-state index in [2.05, 4.69) is 5.32 Å². The number of hydrogen-bond acceptors (Lipinski definition) is 14. The van der Waals surface area contributed by atoms with E-state index < -0.39 is 100 Å². The number of carbonyl (C=O) groups excluding carboxylic acids is 1. The lowest BCUT2D eigenvalue weighted by Gasteiger charge is -2.47. The van der Waals surface area contributed by atoms with E-state index in [9.17, 15) is 44.6 Å². The predicted molar refractivity (Wildman–Crippen MR) is 143 cm³/mol. The first-order valence-corrected chi connectivity index (χ1v) is 15.1. The number of phosphoric ester groups is 1. The minimum Gasteiger partial charge on any atom is -0.479 e. The van der Waals surface area contributed by atoms with Gasteiger partial charge in [0.05, 0.1) is 53.1 Å². The van der Waals surface area contributed by atoms with Crippen molar-refractivity contribution < 1.29 is 81.8 Å². The molecule has 0 aromatic heterocycles. The number of hydrogen-bond donors (Lipinski definition) is 7. The van der Waals surface area contributed by atoms with Crippen molar-refractivity contribution in [3.8, 4) is 0 Å². The van der Waals surface area contributed by atoms with Crippen LogP contribution in [0.2, 0.25) is 0 Å². The fourth-order valence-electron chi connectivity index (χ4n) is 4.45. The second kappa shape index (κ2) is 16.3. The number of amides is 1. The predicted octanol–water partition coefficient (Wildman–Crippen LogP) is -3.21. The Hall–Kier alpha value is -1.35. The van der Waals surface area contributed by atoms with E-state index in [1.807, 2.05) is 21.1 Å². The molecule has 0 radical (unpaired) electrons. The van der Waals surface area contributed by atoms with Crippen LogP contribution in [0.1, 0.15) is 13.8 Å². The van der Waals surface area contributed by atoms with E-state index in [4.69, 9.17) is 32.7 Å². The molecular weight excluding hydrogens is 603 g/mol. The van der Waals surface area contributed by atoms with Crippen LogP contribution in [0.4, 0.5) is 0 Å². The molecule has 0 aromatic rings. The van der Waals surface area contributed by atoms with Crippen LogP contribution in [0.15, 0.2) is 0 Å². The van der Waals surface area contributed by atoms with Crippen molar-refractivity contribution in [2.75, 3.05) is 61.2 Å². The smallest absolute Gasteiger partial charge is 0.472 e. The van der Waals surface area contributed by atoms with Gasteiger partial charge in [-0.25, -0.2) is 9.36 Å². The van der Waals surface area contributed by atoms with Crippen LogP contribution in [-0.4, -0.2) is 175 Å². The number of aliphatic hydroxyl groups excluding tert-OH is 4. The van der Waals surface area contributed by atoms with Crippen molar-refractivity contribution in [2.45, 2.75) is 81.1 Å². The van der Waals surface area contributed by atoms with Crippen molar-refractivity contribution in [3.63, 3.8) is 0 Å². The van der Waals surface area contributed by atoms with Crippen LogP contribution in [0.5, 0.6) is 0 Å². The number of carbonyl (C=O) groups is 2. The van der Waals surface area contributed by atoms with E-state index in [1.54, 1.807) is 6.92 Å². The van der Waals surface area contributed by atoms with Crippen molar-refractivity contribution >= 4 is 19.7 Å². The number of likely N-dealkylation sites (N-methyl/N-ethyl adjacent to an activating group) is 1. The second-order valence-electron chi connectivity index (χ2n) is 11.4. The molecule has 1 amide bonds. The maximum atomic E-state index is 12.0. The molecular formula is C24H46N2O16P+. The van der Waals surface area contributed by atoms with E-state index >= 15 is 0 Å². The average molecular weight is 650 g/mol. The number of rotatable bonds is 16. The normalized spacial score (nSPS) is 35.6. The Morgan fingerprint density at radius 2 is 1.67 bits per heavy atom. The molecule has 2 aliphatic rings. The van der Waals surface area contributed by atoms with E-state index in [1.165, 1.54) is 6.92 Å². The molecule has 252 valence electrons. The Bertz CT molecular complexity index is 953. The summed E-state index contributed by atoms with van der Waals surface area (Å²) in [6.07, 6.45) is -14.6. The number of methoxy groups -OCH3 is 1. The summed E-state index contributed by atoms with van der Waals surface area (Å²) in [6, 6.07) is -1.00. The SMILES string of the molecule is CO[C@@H]1C(C(=O)O)O[C@@H](O[C@@H]2C(NC(C)=O)[C@H](C)OC(COC[C@H](O)COP(=O)(O)OCC[N+](C)(C)C)[C@H]2O)C(O)[C@H]1O. The molecule has 0 spiro atoms. The van der Waals surface area contributed by atoms with E-state index in [0.717, 1.165) is 7.11 Å². The number of phosphoric acid groups is 1. The monoisotopic (exact) mass is 649 g/mol. The number of quaternary nitrogens is 1. The van der Waals surface area contributed by atoms with Crippen LogP contribution < -0.4 is 5.32 Å². The van der Waals surface area contributed by atoms with Gasteiger partial charge in [-0.15, -0.1) is 0 Å². The van der Waals surface area contributed by atoms with Crippen LogP contribution in [-0.2, 0) is 46.9 Å². The van der Waals surface area contributed by atoms with Crippen LogP contribution in [0.3, 0.4) is 0 Å². The quantitative estimate of drug-likeness (QED) is 0.0642. The van der Waals surface area contributed by atoms with Gasteiger partial charge in [-0.2, -0.15) is 0 Å². The molecule has 0 saturated carbocycles. The van der Waals surface area contributed by atoms with Crippen LogP contribution in [0.25, 0.3) is 0 Å². The highest BCUT2D eigenvalue weighted by Crippen LogP contribution is 2.43. The van der Waals surface area contributed by atoms with E-state index in [0.29, 0.717) is 11.0 Å². The zero-order chi connectivity index (χ0) is 32.7. The molecule has 2 aliphatic heterocycles. The molecule has 5 unspecified atom stereocenters. The van der Waals surface area contributed by atoms with Gasteiger partial charge in [0.1, 0.15) is 55.9 Å². The number of aliphatic hydroxyl groups is 4. The van der Waals surface area contributed by atoms with Crippen LogP contribution >= 0.6 is 7.82 Å². The molecule has 12 atom stereocenters. The van der Waals surface area contributed by atoms with Gasteiger partial charge in [0.2, 0.25) is 5.91 Å². The maximum Gasteiger partial charge on any atom is 0.472 e. The Kier molecular flexibility index (Phi) is 14.3. The first-order valence-electron chi connectivity index (χ1n) is 13.6. The summed E-state index contributed by atoms with van der Waals surface area (Å²) in [6.45, 7) is 1.86. The fourth-order valence-corrected chi connectivity index (χ4v) is 5.20. The Morgan fingerprint density at radius 3 is 2.23 bits per heavy atom. The number of carboxylic acid groups (broad SMARTS) is 1. The Labute approximate surface area is 249 Å². The minimum atomic E-state index is -4.42. The molecule has 2 heterocycles. The zero-order valence-electron chi connectivity index (χ0n) is 25.0. The molecule has 0 aliphatic carbocycles.